The van der Waals surface area contributed by atoms with Crippen molar-refractivity contribution in [2.75, 3.05) is 18.6 Å². The number of amides is 1. The molecule has 0 bridgehead atoms. The highest BCUT2D eigenvalue weighted by molar-refractivity contribution is 5.96. The van der Waals surface area contributed by atoms with Gasteiger partial charge in [-0.25, -0.2) is 0 Å². The minimum Gasteiger partial charge on any atom is -0.381 e. The summed E-state index contributed by atoms with van der Waals surface area (Å²) in [5, 5.41) is 3.05. The smallest absolute Gasteiger partial charge is 0.251 e. The minimum absolute atomic E-state index is 0.0412. The molecule has 2 rings (SSSR count). The third kappa shape index (κ3) is 3.24. The molecule has 104 valence electrons. The molecule has 4 N–H and O–H groups in total. The summed E-state index contributed by atoms with van der Waals surface area (Å²) in [6.07, 6.45) is 1.01. The van der Waals surface area contributed by atoms with Gasteiger partial charge < -0.3 is 15.5 Å². The van der Waals surface area contributed by atoms with Crippen LogP contribution in [-0.2, 0) is 4.74 Å². The summed E-state index contributed by atoms with van der Waals surface area (Å²) in [5.41, 5.74) is 4.96. The van der Waals surface area contributed by atoms with Crippen molar-refractivity contribution < 1.29 is 9.53 Å². The van der Waals surface area contributed by atoms with Crippen LogP contribution in [0.15, 0.2) is 18.2 Å². The van der Waals surface area contributed by atoms with Gasteiger partial charge in [0.25, 0.3) is 5.91 Å². The summed E-state index contributed by atoms with van der Waals surface area (Å²) in [6.45, 7) is 5.46. The largest absolute Gasteiger partial charge is 0.381 e. The van der Waals surface area contributed by atoms with Crippen LogP contribution in [0.1, 0.15) is 29.3 Å². The minimum atomic E-state index is -0.0412. The van der Waals surface area contributed by atoms with Crippen molar-refractivity contribution in [1.82, 2.24) is 5.32 Å². The molecule has 1 aromatic rings. The zero-order valence-electron chi connectivity index (χ0n) is 11.4. The fraction of sp³-hybridized carbons (Fsp3) is 0.500. The maximum Gasteiger partial charge on any atom is 0.251 e. The molecule has 1 aliphatic rings. The van der Waals surface area contributed by atoms with Crippen molar-refractivity contribution in [3.05, 3.63) is 29.3 Å². The average Bonchev–Trinajstić information content (AvgIpc) is 2.92. The predicted octanol–water partition coefficient (Wildman–Crippen LogP) is 1.44. The van der Waals surface area contributed by atoms with Crippen LogP contribution in [0.4, 0.5) is 5.69 Å². The second-order valence-electron chi connectivity index (χ2n) is 5.06. The summed E-state index contributed by atoms with van der Waals surface area (Å²) >= 11 is 0. The molecule has 2 unspecified atom stereocenters. The molecule has 0 aromatic heterocycles. The van der Waals surface area contributed by atoms with E-state index in [1.165, 1.54) is 0 Å². The maximum atomic E-state index is 12.2. The number of ether oxygens (including phenoxy) is 1. The third-order valence-electron chi connectivity index (χ3n) is 3.67. The molecule has 19 heavy (non-hydrogen) atoms. The number of carbonyl (C=O) groups excluding carboxylic acids is 1. The van der Waals surface area contributed by atoms with E-state index in [0.29, 0.717) is 11.5 Å². The number of hydrogen-bond donors (Lipinski definition) is 3. The van der Waals surface area contributed by atoms with Crippen LogP contribution in [-0.4, -0.2) is 25.2 Å². The number of nitrogens with one attached hydrogen (secondary N) is 2. The summed E-state index contributed by atoms with van der Waals surface area (Å²) in [4.78, 5) is 12.2. The first-order valence-corrected chi connectivity index (χ1v) is 6.57. The van der Waals surface area contributed by atoms with Crippen LogP contribution in [0.2, 0.25) is 0 Å². The van der Waals surface area contributed by atoms with Crippen molar-refractivity contribution in [3.63, 3.8) is 0 Å². The lowest BCUT2D eigenvalue weighted by molar-refractivity contribution is 0.0921. The van der Waals surface area contributed by atoms with Gasteiger partial charge in [0.2, 0.25) is 0 Å². The van der Waals surface area contributed by atoms with Crippen LogP contribution < -0.4 is 16.6 Å². The molecular weight excluding hydrogens is 242 g/mol. The van der Waals surface area contributed by atoms with Gasteiger partial charge in [0.05, 0.1) is 6.61 Å². The highest BCUT2D eigenvalue weighted by Gasteiger charge is 2.24. The Balaban J connectivity index is 2.02. The predicted molar refractivity (Wildman–Crippen MR) is 74.8 cm³/mol. The highest BCUT2D eigenvalue weighted by atomic mass is 16.5. The Bertz CT molecular complexity index is 456. The summed E-state index contributed by atoms with van der Waals surface area (Å²) in [7, 11) is 0. The van der Waals surface area contributed by atoms with Gasteiger partial charge >= 0.3 is 0 Å². The lowest BCUT2D eigenvalue weighted by Crippen LogP contribution is -2.38. The molecule has 0 spiro atoms. The molecule has 0 radical (unpaired) electrons. The fourth-order valence-electron chi connectivity index (χ4n) is 2.36. The molecule has 1 aromatic carbocycles. The van der Waals surface area contributed by atoms with E-state index < -0.39 is 0 Å². The van der Waals surface area contributed by atoms with E-state index in [1.807, 2.05) is 19.9 Å². The van der Waals surface area contributed by atoms with Gasteiger partial charge in [-0.15, -0.1) is 0 Å². The fourth-order valence-corrected chi connectivity index (χ4v) is 2.36. The van der Waals surface area contributed by atoms with Crippen molar-refractivity contribution in [2.45, 2.75) is 26.3 Å². The molecule has 5 nitrogen and oxygen atoms in total. The first-order valence-electron chi connectivity index (χ1n) is 6.57. The van der Waals surface area contributed by atoms with Gasteiger partial charge in [-0.05, 0) is 44.0 Å². The van der Waals surface area contributed by atoms with Crippen LogP contribution in [0.25, 0.3) is 0 Å². The lowest BCUT2D eigenvalue weighted by atomic mass is 9.99. The zero-order chi connectivity index (χ0) is 13.8. The summed E-state index contributed by atoms with van der Waals surface area (Å²) in [6, 6.07) is 5.57. The average molecular weight is 263 g/mol. The van der Waals surface area contributed by atoms with Gasteiger partial charge in [-0.2, -0.15) is 0 Å². The van der Waals surface area contributed by atoms with E-state index in [9.17, 15) is 4.79 Å². The molecule has 2 atom stereocenters. The Labute approximate surface area is 113 Å². The Morgan fingerprint density at radius 1 is 1.53 bits per heavy atom. The molecule has 5 heteroatoms. The number of nitrogen functional groups attached to an aromatic ring is 1. The lowest BCUT2D eigenvalue weighted by Gasteiger charge is -2.20. The SMILES string of the molecule is Cc1cc(NN)ccc1C(=O)NC(C)C1CCOC1. The standard InChI is InChI=1S/C14H21N3O2/c1-9-7-12(17-15)3-4-13(9)14(18)16-10(2)11-5-6-19-8-11/h3-4,7,10-11,17H,5-6,8,15H2,1-2H3,(H,16,18). The number of rotatable bonds is 4. The third-order valence-corrected chi connectivity index (χ3v) is 3.67. The highest BCUT2D eigenvalue weighted by Crippen LogP contribution is 2.18. The van der Waals surface area contributed by atoms with Crippen LogP contribution in [0.3, 0.4) is 0 Å². The zero-order valence-corrected chi connectivity index (χ0v) is 11.4. The van der Waals surface area contributed by atoms with Gasteiger partial charge in [0.1, 0.15) is 0 Å². The number of carbonyl (C=O) groups is 1. The van der Waals surface area contributed by atoms with E-state index in [2.05, 4.69) is 10.7 Å². The number of nitrogens with two attached hydrogens (primary N) is 1. The van der Waals surface area contributed by atoms with Gasteiger partial charge in [-0.3, -0.25) is 10.6 Å². The van der Waals surface area contributed by atoms with E-state index in [1.54, 1.807) is 12.1 Å². The first-order chi connectivity index (χ1) is 9.11. The normalized spacial score (nSPS) is 20.1. The topological polar surface area (TPSA) is 76.4 Å². The van der Waals surface area contributed by atoms with Crippen molar-refractivity contribution >= 4 is 11.6 Å². The van der Waals surface area contributed by atoms with Crippen LogP contribution >= 0.6 is 0 Å². The number of aryl methyl sites for hydroxylation is 1. The van der Waals surface area contributed by atoms with Crippen molar-refractivity contribution in [3.8, 4) is 0 Å². The Hall–Kier alpha value is -1.59. The Kier molecular flexibility index (Phi) is 4.39. The molecule has 0 aliphatic carbocycles. The van der Waals surface area contributed by atoms with E-state index in [4.69, 9.17) is 10.6 Å². The van der Waals surface area contributed by atoms with Crippen LogP contribution in [0, 0.1) is 12.8 Å². The van der Waals surface area contributed by atoms with E-state index in [-0.39, 0.29) is 11.9 Å². The summed E-state index contributed by atoms with van der Waals surface area (Å²) < 4.78 is 5.35. The number of hydrogen-bond acceptors (Lipinski definition) is 4. The van der Waals surface area contributed by atoms with Gasteiger partial charge in [0.15, 0.2) is 0 Å². The number of hydrazine groups is 1. The second kappa shape index (κ2) is 6.04. The number of anilines is 1. The van der Waals surface area contributed by atoms with Gasteiger partial charge in [0, 0.05) is 29.8 Å². The molecular formula is C14H21N3O2. The molecule has 0 saturated carbocycles. The Morgan fingerprint density at radius 2 is 2.32 bits per heavy atom. The van der Waals surface area contributed by atoms with Crippen molar-refractivity contribution in [2.24, 2.45) is 11.8 Å². The van der Waals surface area contributed by atoms with E-state index >= 15 is 0 Å². The monoisotopic (exact) mass is 263 g/mol. The second-order valence-corrected chi connectivity index (χ2v) is 5.06. The summed E-state index contributed by atoms with van der Waals surface area (Å²) in [5.74, 6) is 5.71. The maximum absolute atomic E-state index is 12.2. The molecule has 1 heterocycles. The quantitative estimate of drug-likeness (QED) is 0.567. The molecule has 1 amide bonds. The van der Waals surface area contributed by atoms with Crippen LogP contribution in [0.5, 0.6) is 0 Å². The molecule has 1 fully saturated rings. The Morgan fingerprint density at radius 3 is 2.89 bits per heavy atom. The molecule has 1 saturated heterocycles. The van der Waals surface area contributed by atoms with E-state index in [0.717, 1.165) is 30.9 Å². The van der Waals surface area contributed by atoms with Crippen molar-refractivity contribution in [1.29, 1.82) is 0 Å². The first kappa shape index (κ1) is 13.8. The number of benzene rings is 1. The van der Waals surface area contributed by atoms with Gasteiger partial charge in [-0.1, -0.05) is 0 Å². The molecule has 1 aliphatic heterocycles.